The van der Waals surface area contributed by atoms with E-state index in [1.807, 2.05) is 0 Å². The van der Waals surface area contributed by atoms with Gasteiger partial charge in [0, 0.05) is 5.56 Å². The average molecular weight is 324 g/mol. The number of carboxylic acids is 1. The fourth-order valence-electron chi connectivity index (χ4n) is 1.58. The maximum Gasteiger partial charge on any atom is 0.328 e. The summed E-state index contributed by atoms with van der Waals surface area (Å²) in [6.07, 6.45) is 1.44. The molecular formula is C15H17FN2O5. The van der Waals surface area contributed by atoms with Gasteiger partial charge in [0.05, 0.1) is 19.8 Å². The van der Waals surface area contributed by atoms with E-state index < -0.39 is 36.2 Å². The number of hydrogen-bond donors (Lipinski definition) is 3. The molecule has 0 fully saturated rings. The van der Waals surface area contributed by atoms with Gasteiger partial charge >= 0.3 is 5.97 Å². The Morgan fingerprint density at radius 3 is 2.74 bits per heavy atom. The first-order valence-corrected chi connectivity index (χ1v) is 6.68. The van der Waals surface area contributed by atoms with E-state index in [2.05, 4.69) is 17.2 Å². The number of benzene rings is 1. The van der Waals surface area contributed by atoms with Crippen LogP contribution in [0.25, 0.3) is 0 Å². The van der Waals surface area contributed by atoms with Crippen LogP contribution in [0.3, 0.4) is 0 Å². The van der Waals surface area contributed by atoms with Crippen LogP contribution in [0.2, 0.25) is 0 Å². The van der Waals surface area contributed by atoms with Crippen LogP contribution in [0.5, 0.6) is 0 Å². The summed E-state index contributed by atoms with van der Waals surface area (Å²) in [5, 5.41) is 13.4. The van der Waals surface area contributed by atoms with E-state index in [9.17, 15) is 18.8 Å². The van der Waals surface area contributed by atoms with Gasteiger partial charge in [0.2, 0.25) is 5.91 Å². The number of nitrogens with one attached hydrogen (secondary N) is 2. The van der Waals surface area contributed by atoms with Crippen LogP contribution in [-0.2, 0) is 14.3 Å². The summed E-state index contributed by atoms with van der Waals surface area (Å²) in [6, 6.07) is 3.72. The predicted molar refractivity (Wildman–Crippen MR) is 79.3 cm³/mol. The molecule has 0 aromatic heterocycles. The number of ether oxygens (including phenoxy) is 1. The molecule has 0 aliphatic heterocycles. The van der Waals surface area contributed by atoms with Crippen molar-refractivity contribution in [2.45, 2.75) is 6.04 Å². The Morgan fingerprint density at radius 1 is 1.39 bits per heavy atom. The van der Waals surface area contributed by atoms with E-state index in [4.69, 9.17) is 9.84 Å². The predicted octanol–water partition coefficient (Wildman–Crippen LogP) is 0.327. The highest BCUT2D eigenvalue weighted by Gasteiger charge is 2.20. The first kappa shape index (κ1) is 18.3. The number of amides is 2. The quantitative estimate of drug-likeness (QED) is 0.448. The van der Waals surface area contributed by atoms with E-state index in [-0.39, 0.29) is 18.8 Å². The Morgan fingerprint density at radius 2 is 2.13 bits per heavy atom. The molecule has 1 aromatic carbocycles. The number of halogens is 1. The van der Waals surface area contributed by atoms with Crippen molar-refractivity contribution in [2.75, 3.05) is 19.8 Å². The summed E-state index contributed by atoms with van der Waals surface area (Å²) in [5.74, 6) is -3.19. The minimum Gasteiger partial charge on any atom is -0.480 e. The molecule has 0 bridgehead atoms. The molecule has 7 nitrogen and oxygen atoms in total. The molecule has 124 valence electrons. The van der Waals surface area contributed by atoms with Crippen LogP contribution >= 0.6 is 0 Å². The van der Waals surface area contributed by atoms with Gasteiger partial charge in [0.25, 0.3) is 5.91 Å². The van der Waals surface area contributed by atoms with Gasteiger partial charge in [-0.05, 0) is 18.2 Å². The summed E-state index contributed by atoms with van der Waals surface area (Å²) in [4.78, 5) is 34.4. The summed E-state index contributed by atoms with van der Waals surface area (Å²) >= 11 is 0. The second kappa shape index (κ2) is 9.31. The molecule has 0 heterocycles. The Balaban J connectivity index is 2.46. The fourth-order valence-corrected chi connectivity index (χ4v) is 1.58. The van der Waals surface area contributed by atoms with Crippen molar-refractivity contribution >= 4 is 17.8 Å². The third-order valence-corrected chi connectivity index (χ3v) is 2.65. The highest BCUT2D eigenvalue weighted by Crippen LogP contribution is 2.02. The van der Waals surface area contributed by atoms with E-state index >= 15 is 0 Å². The molecule has 1 aromatic rings. The van der Waals surface area contributed by atoms with Gasteiger partial charge in [-0.3, -0.25) is 9.59 Å². The van der Waals surface area contributed by atoms with Gasteiger partial charge in [-0.25, -0.2) is 9.18 Å². The minimum atomic E-state index is -1.26. The van der Waals surface area contributed by atoms with Crippen molar-refractivity contribution in [2.24, 2.45) is 0 Å². The smallest absolute Gasteiger partial charge is 0.328 e. The number of rotatable bonds is 9. The van der Waals surface area contributed by atoms with Gasteiger partial charge < -0.3 is 20.5 Å². The summed E-state index contributed by atoms with van der Waals surface area (Å²) in [7, 11) is 0. The highest BCUT2D eigenvalue weighted by atomic mass is 19.1. The van der Waals surface area contributed by atoms with Crippen molar-refractivity contribution in [1.29, 1.82) is 0 Å². The Hall–Kier alpha value is -2.74. The van der Waals surface area contributed by atoms with Gasteiger partial charge in [-0.15, -0.1) is 6.58 Å². The fraction of sp³-hybridized carbons (Fsp3) is 0.267. The van der Waals surface area contributed by atoms with E-state index in [0.29, 0.717) is 0 Å². The molecule has 0 saturated carbocycles. The second-order valence-electron chi connectivity index (χ2n) is 4.48. The third-order valence-electron chi connectivity index (χ3n) is 2.65. The van der Waals surface area contributed by atoms with Crippen molar-refractivity contribution in [3.8, 4) is 0 Å². The molecule has 0 spiro atoms. The first-order valence-electron chi connectivity index (χ1n) is 6.68. The zero-order chi connectivity index (χ0) is 17.2. The summed E-state index contributed by atoms with van der Waals surface area (Å²) in [6.45, 7) is 2.89. The number of carboxylic acid groups (broad SMARTS) is 1. The van der Waals surface area contributed by atoms with Crippen LogP contribution in [0, 0.1) is 5.82 Å². The van der Waals surface area contributed by atoms with Gasteiger partial charge in [0.1, 0.15) is 5.82 Å². The standard InChI is InChI=1S/C15H17FN2O5/c1-2-6-23-9-12(15(21)22)18-13(19)8-17-14(20)10-4-3-5-11(16)7-10/h2-5,7,12H,1,6,8-9H2,(H,17,20)(H,18,19)(H,21,22). The number of carbonyl (C=O) groups is 3. The van der Waals surface area contributed by atoms with E-state index in [0.717, 1.165) is 6.07 Å². The second-order valence-corrected chi connectivity index (χ2v) is 4.48. The lowest BCUT2D eigenvalue weighted by Gasteiger charge is -2.14. The zero-order valence-electron chi connectivity index (χ0n) is 12.3. The lowest BCUT2D eigenvalue weighted by atomic mass is 10.2. The van der Waals surface area contributed by atoms with Crippen molar-refractivity contribution in [3.05, 3.63) is 48.3 Å². The summed E-state index contributed by atoms with van der Waals surface area (Å²) in [5.41, 5.74) is 0.0573. The zero-order valence-corrected chi connectivity index (χ0v) is 12.3. The van der Waals surface area contributed by atoms with Crippen LogP contribution in [0.1, 0.15) is 10.4 Å². The molecule has 2 amide bonds. The lowest BCUT2D eigenvalue weighted by Crippen LogP contribution is -2.47. The number of aliphatic carboxylic acids is 1. The average Bonchev–Trinajstić information content (AvgIpc) is 2.51. The molecule has 0 radical (unpaired) electrons. The topological polar surface area (TPSA) is 105 Å². The number of hydrogen-bond acceptors (Lipinski definition) is 4. The molecular weight excluding hydrogens is 307 g/mol. The van der Waals surface area contributed by atoms with Crippen LogP contribution < -0.4 is 10.6 Å². The number of carbonyl (C=O) groups excluding carboxylic acids is 2. The van der Waals surface area contributed by atoms with Crippen LogP contribution in [-0.4, -0.2) is 48.7 Å². The van der Waals surface area contributed by atoms with Crippen molar-refractivity contribution < 1.29 is 28.6 Å². The van der Waals surface area contributed by atoms with E-state index in [1.54, 1.807) is 0 Å². The minimum absolute atomic E-state index is 0.0573. The van der Waals surface area contributed by atoms with Crippen LogP contribution in [0.4, 0.5) is 4.39 Å². The molecule has 0 aliphatic carbocycles. The largest absolute Gasteiger partial charge is 0.480 e. The van der Waals surface area contributed by atoms with Crippen molar-refractivity contribution in [3.63, 3.8) is 0 Å². The Labute approximate surface area is 132 Å². The molecule has 0 aliphatic rings. The van der Waals surface area contributed by atoms with Crippen LogP contribution in [0.15, 0.2) is 36.9 Å². The molecule has 0 saturated heterocycles. The molecule has 1 unspecified atom stereocenters. The SMILES string of the molecule is C=CCOCC(NC(=O)CNC(=O)c1cccc(F)c1)C(=O)O. The van der Waals surface area contributed by atoms with Gasteiger partial charge in [-0.1, -0.05) is 12.1 Å². The Bertz CT molecular complexity index is 591. The summed E-state index contributed by atoms with van der Waals surface area (Å²) < 4.78 is 18.0. The molecule has 8 heteroatoms. The third kappa shape index (κ3) is 6.70. The lowest BCUT2D eigenvalue weighted by molar-refractivity contribution is -0.143. The van der Waals surface area contributed by atoms with Gasteiger partial charge in [-0.2, -0.15) is 0 Å². The first-order chi connectivity index (χ1) is 10.9. The Kier molecular flexibility index (Phi) is 7.41. The van der Waals surface area contributed by atoms with Gasteiger partial charge in [0.15, 0.2) is 6.04 Å². The monoisotopic (exact) mass is 324 g/mol. The molecule has 1 atom stereocenters. The molecule has 1 rings (SSSR count). The molecule has 3 N–H and O–H groups in total. The van der Waals surface area contributed by atoms with E-state index in [1.165, 1.54) is 24.3 Å². The maximum atomic E-state index is 13.0. The normalized spacial score (nSPS) is 11.3. The highest BCUT2D eigenvalue weighted by molar-refractivity contribution is 5.96. The van der Waals surface area contributed by atoms with Crippen molar-refractivity contribution in [1.82, 2.24) is 10.6 Å². The maximum absolute atomic E-state index is 13.0. The molecule has 23 heavy (non-hydrogen) atoms.